The molecular weight excluding hydrogens is 158 g/mol. The van der Waals surface area contributed by atoms with Crippen molar-refractivity contribution in [2.45, 2.75) is 18.8 Å². The number of hydrogen-bond donors (Lipinski definition) is 1. The van der Waals surface area contributed by atoms with Crippen LogP contribution in [0.2, 0.25) is 5.02 Å². The molecule has 2 heteroatoms. The molecule has 2 rings (SSSR count). The van der Waals surface area contributed by atoms with Crippen molar-refractivity contribution in [3.05, 3.63) is 28.8 Å². The molecule has 1 fully saturated rings. The Labute approximate surface area is 71.2 Å². The Morgan fingerprint density at radius 3 is 2.55 bits per heavy atom. The maximum absolute atomic E-state index is 5.84. The molecule has 1 saturated carbocycles. The third kappa shape index (κ3) is 1.48. The molecule has 1 nitrogen and oxygen atoms in total. The van der Waals surface area contributed by atoms with Crippen molar-refractivity contribution in [3.63, 3.8) is 0 Å². The molecule has 0 unspecified atom stereocenters. The Bertz CT molecular complexity index is 259. The fraction of sp³-hybridized carbons (Fsp3) is 0.333. The predicted octanol–water partition coefficient (Wildman–Crippen LogP) is 2.80. The standard InChI is InChI=1S/C9H10ClN/c10-8-3-7(6-1-2-6)4-9(11)5-8/h3-6H,1-2,11H2. The van der Waals surface area contributed by atoms with Crippen molar-refractivity contribution in [2.24, 2.45) is 0 Å². The van der Waals surface area contributed by atoms with Crippen molar-refractivity contribution in [1.82, 2.24) is 0 Å². The van der Waals surface area contributed by atoms with E-state index < -0.39 is 0 Å². The van der Waals surface area contributed by atoms with Gasteiger partial charge in [0, 0.05) is 10.7 Å². The lowest BCUT2D eigenvalue weighted by molar-refractivity contribution is 1.13. The Balaban J connectivity index is 2.39. The van der Waals surface area contributed by atoms with E-state index in [9.17, 15) is 0 Å². The maximum Gasteiger partial charge on any atom is 0.0429 e. The zero-order chi connectivity index (χ0) is 7.84. The summed E-state index contributed by atoms with van der Waals surface area (Å²) in [5.41, 5.74) is 7.72. The van der Waals surface area contributed by atoms with Crippen molar-refractivity contribution in [2.75, 3.05) is 5.73 Å². The average Bonchev–Trinajstić information content (AvgIpc) is 2.64. The minimum Gasteiger partial charge on any atom is -0.399 e. The van der Waals surface area contributed by atoms with Crippen LogP contribution in [-0.2, 0) is 0 Å². The second-order valence-corrected chi connectivity index (χ2v) is 3.53. The fourth-order valence-corrected chi connectivity index (χ4v) is 1.54. The highest BCUT2D eigenvalue weighted by Crippen LogP contribution is 2.41. The van der Waals surface area contributed by atoms with Crippen LogP contribution in [0.3, 0.4) is 0 Å². The van der Waals surface area contributed by atoms with E-state index in [1.165, 1.54) is 18.4 Å². The molecule has 0 bridgehead atoms. The Morgan fingerprint density at radius 2 is 2.00 bits per heavy atom. The molecule has 0 saturated heterocycles. The minimum atomic E-state index is 0.732. The summed E-state index contributed by atoms with van der Waals surface area (Å²) in [4.78, 5) is 0. The highest BCUT2D eigenvalue weighted by atomic mass is 35.5. The first-order chi connectivity index (χ1) is 5.25. The summed E-state index contributed by atoms with van der Waals surface area (Å²) in [6, 6.07) is 5.81. The first-order valence-electron chi connectivity index (χ1n) is 3.81. The van der Waals surface area contributed by atoms with Crippen molar-refractivity contribution >= 4 is 17.3 Å². The van der Waals surface area contributed by atoms with Gasteiger partial charge in [-0.15, -0.1) is 0 Å². The fourth-order valence-electron chi connectivity index (χ4n) is 1.29. The molecule has 0 atom stereocenters. The molecule has 0 heterocycles. The maximum atomic E-state index is 5.84. The highest BCUT2D eigenvalue weighted by molar-refractivity contribution is 6.30. The molecule has 0 radical (unpaired) electrons. The van der Waals surface area contributed by atoms with Gasteiger partial charge in [0.1, 0.15) is 0 Å². The van der Waals surface area contributed by atoms with Crippen LogP contribution in [-0.4, -0.2) is 0 Å². The molecular formula is C9H10ClN. The van der Waals surface area contributed by atoms with Gasteiger partial charge in [-0.25, -0.2) is 0 Å². The van der Waals surface area contributed by atoms with Crippen LogP contribution >= 0.6 is 11.6 Å². The third-order valence-electron chi connectivity index (χ3n) is 1.99. The molecule has 0 spiro atoms. The largest absolute Gasteiger partial charge is 0.399 e. The highest BCUT2D eigenvalue weighted by Gasteiger charge is 2.23. The predicted molar refractivity (Wildman–Crippen MR) is 47.8 cm³/mol. The van der Waals surface area contributed by atoms with Gasteiger partial charge in [-0.2, -0.15) is 0 Å². The Kier molecular flexibility index (Phi) is 1.53. The zero-order valence-corrected chi connectivity index (χ0v) is 6.93. The van der Waals surface area contributed by atoms with Gasteiger partial charge in [-0.05, 0) is 42.5 Å². The molecule has 58 valence electrons. The van der Waals surface area contributed by atoms with Gasteiger partial charge in [-0.1, -0.05) is 11.6 Å². The molecule has 0 amide bonds. The van der Waals surface area contributed by atoms with E-state index in [0.29, 0.717) is 0 Å². The number of benzene rings is 1. The molecule has 1 aromatic carbocycles. The van der Waals surface area contributed by atoms with E-state index in [1.807, 2.05) is 12.1 Å². The summed E-state index contributed by atoms with van der Waals surface area (Å²) >= 11 is 5.84. The number of rotatable bonds is 1. The van der Waals surface area contributed by atoms with Crippen LogP contribution in [0.4, 0.5) is 5.69 Å². The van der Waals surface area contributed by atoms with Crippen LogP contribution in [0.5, 0.6) is 0 Å². The Morgan fingerprint density at radius 1 is 1.27 bits per heavy atom. The van der Waals surface area contributed by atoms with Gasteiger partial charge < -0.3 is 5.73 Å². The van der Waals surface area contributed by atoms with Crippen LogP contribution in [0.1, 0.15) is 24.3 Å². The van der Waals surface area contributed by atoms with Crippen molar-refractivity contribution in [3.8, 4) is 0 Å². The Hall–Kier alpha value is -0.690. The molecule has 1 aliphatic carbocycles. The lowest BCUT2D eigenvalue weighted by Crippen LogP contribution is -1.87. The second kappa shape index (κ2) is 2.42. The summed E-state index contributed by atoms with van der Waals surface area (Å²) in [6.45, 7) is 0. The smallest absolute Gasteiger partial charge is 0.0429 e. The first kappa shape index (κ1) is 6.99. The lowest BCUT2D eigenvalue weighted by Gasteiger charge is -2.00. The van der Waals surface area contributed by atoms with Crippen molar-refractivity contribution in [1.29, 1.82) is 0 Å². The molecule has 2 N–H and O–H groups in total. The van der Waals surface area contributed by atoms with Gasteiger partial charge in [0.25, 0.3) is 0 Å². The summed E-state index contributed by atoms with van der Waals surface area (Å²) < 4.78 is 0. The molecule has 11 heavy (non-hydrogen) atoms. The van der Waals surface area contributed by atoms with Crippen molar-refractivity contribution < 1.29 is 0 Å². The number of anilines is 1. The van der Waals surface area contributed by atoms with Gasteiger partial charge in [0.2, 0.25) is 0 Å². The van der Waals surface area contributed by atoms with Gasteiger partial charge in [0.05, 0.1) is 0 Å². The first-order valence-corrected chi connectivity index (χ1v) is 4.19. The van der Waals surface area contributed by atoms with E-state index in [1.54, 1.807) is 6.07 Å². The van der Waals surface area contributed by atoms with Gasteiger partial charge in [-0.3, -0.25) is 0 Å². The van der Waals surface area contributed by atoms with Crippen LogP contribution in [0, 0.1) is 0 Å². The van der Waals surface area contributed by atoms with Gasteiger partial charge >= 0.3 is 0 Å². The summed E-state index contributed by atoms with van der Waals surface area (Å²) in [6.07, 6.45) is 2.58. The molecule has 0 aromatic heterocycles. The topological polar surface area (TPSA) is 26.0 Å². The van der Waals surface area contributed by atoms with E-state index in [-0.39, 0.29) is 0 Å². The molecule has 1 aromatic rings. The summed E-state index contributed by atoms with van der Waals surface area (Å²) in [5, 5.41) is 0.756. The summed E-state index contributed by atoms with van der Waals surface area (Å²) in [5.74, 6) is 0.732. The van der Waals surface area contributed by atoms with E-state index in [4.69, 9.17) is 17.3 Å². The quantitative estimate of drug-likeness (QED) is 0.640. The number of nitrogen functional groups attached to an aromatic ring is 1. The lowest BCUT2D eigenvalue weighted by atomic mass is 10.1. The molecule has 1 aliphatic rings. The molecule has 0 aliphatic heterocycles. The third-order valence-corrected chi connectivity index (χ3v) is 2.21. The zero-order valence-electron chi connectivity index (χ0n) is 6.18. The number of hydrogen-bond acceptors (Lipinski definition) is 1. The van der Waals surface area contributed by atoms with Crippen LogP contribution in [0.25, 0.3) is 0 Å². The van der Waals surface area contributed by atoms with Crippen LogP contribution < -0.4 is 5.73 Å². The minimum absolute atomic E-state index is 0.732. The normalized spacial score (nSPS) is 16.8. The van der Waals surface area contributed by atoms with Crippen LogP contribution in [0.15, 0.2) is 18.2 Å². The second-order valence-electron chi connectivity index (χ2n) is 3.09. The van der Waals surface area contributed by atoms with Gasteiger partial charge in [0.15, 0.2) is 0 Å². The SMILES string of the molecule is Nc1cc(Cl)cc(C2CC2)c1. The van der Waals surface area contributed by atoms with E-state index in [2.05, 4.69) is 0 Å². The summed E-state index contributed by atoms with van der Waals surface area (Å²) in [7, 11) is 0. The monoisotopic (exact) mass is 167 g/mol. The average molecular weight is 168 g/mol. The number of halogens is 1. The van der Waals surface area contributed by atoms with E-state index >= 15 is 0 Å². The van der Waals surface area contributed by atoms with E-state index in [0.717, 1.165) is 16.6 Å². The number of nitrogens with two attached hydrogens (primary N) is 1.